The predicted molar refractivity (Wildman–Crippen MR) is 91.1 cm³/mol. The molecule has 6 heteroatoms. The fourth-order valence-corrected chi connectivity index (χ4v) is 3.18. The van der Waals surface area contributed by atoms with Gasteiger partial charge in [0.15, 0.2) is 0 Å². The molecule has 3 rings (SSSR count). The minimum Gasteiger partial charge on any atom is -0.445 e. The SMILES string of the molecule is N#CC1(c2cc(F)cc(F)c2)CCN(C(=O)OCc2ccccc2)CC1. The summed E-state index contributed by atoms with van der Waals surface area (Å²) in [6.07, 6.45) is 0.144. The van der Waals surface area contributed by atoms with Crippen molar-refractivity contribution >= 4 is 6.09 Å². The van der Waals surface area contributed by atoms with Gasteiger partial charge in [-0.15, -0.1) is 0 Å². The fraction of sp³-hybridized carbons (Fsp3) is 0.300. The van der Waals surface area contributed by atoms with E-state index in [0.717, 1.165) is 11.6 Å². The Kier molecular flexibility index (Phi) is 5.17. The Labute approximate surface area is 150 Å². The second kappa shape index (κ2) is 7.52. The minimum atomic E-state index is -1.00. The molecule has 1 amide bonds. The Morgan fingerprint density at radius 1 is 1.12 bits per heavy atom. The molecule has 134 valence electrons. The lowest BCUT2D eigenvalue weighted by Crippen LogP contribution is -2.44. The molecule has 1 aliphatic heterocycles. The first-order valence-corrected chi connectivity index (χ1v) is 8.36. The average molecular weight is 356 g/mol. The highest BCUT2D eigenvalue weighted by molar-refractivity contribution is 5.68. The first-order chi connectivity index (χ1) is 12.5. The van der Waals surface area contributed by atoms with E-state index in [1.165, 1.54) is 17.0 Å². The van der Waals surface area contributed by atoms with Gasteiger partial charge in [-0.05, 0) is 36.1 Å². The number of amides is 1. The summed E-state index contributed by atoms with van der Waals surface area (Å²) in [5.41, 5.74) is 0.202. The molecular weight excluding hydrogens is 338 g/mol. The Morgan fingerprint density at radius 2 is 1.73 bits per heavy atom. The first kappa shape index (κ1) is 17.9. The van der Waals surface area contributed by atoms with Crippen molar-refractivity contribution in [2.45, 2.75) is 24.9 Å². The van der Waals surface area contributed by atoms with Crippen LogP contribution in [0.25, 0.3) is 0 Å². The van der Waals surface area contributed by atoms with Crippen LogP contribution in [0.15, 0.2) is 48.5 Å². The molecule has 1 saturated heterocycles. The molecule has 0 aliphatic carbocycles. The normalized spacial score (nSPS) is 16.0. The van der Waals surface area contributed by atoms with E-state index < -0.39 is 23.1 Å². The minimum absolute atomic E-state index is 0.175. The molecule has 0 unspecified atom stereocenters. The zero-order valence-corrected chi connectivity index (χ0v) is 14.1. The molecule has 2 aromatic rings. The topological polar surface area (TPSA) is 53.3 Å². The number of nitriles is 1. The largest absolute Gasteiger partial charge is 0.445 e. The molecule has 0 bridgehead atoms. The third-order valence-electron chi connectivity index (χ3n) is 4.71. The molecular formula is C20H18F2N2O2. The lowest BCUT2D eigenvalue weighted by atomic mass is 9.74. The van der Waals surface area contributed by atoms with Gasteiger partial charge >= 0.3 is 6.09 Å². The summed E-state index contributed by atoms with van der Waals surface area (Å²) in [4.78, 5) is 13.7. The van der Waals surface area contributed by atoms with Crippen molar-refractivity contribution in [3.63, 3.8) is 0 Å². The Balaban J connectivity index is 1.63. The summed E-state index contributed by atoms with van der Waals surface area (Å²) in [5.74, 6) is -1.42. The lowest BCUT2D eigenvalue weighted by molar-refractivity contribution is 0.0825. The monoisotopic (exact) mass is 356 g/mol. The summed E-state index contributed by atoms with van der Waals surface area (Å²) >= 11 is 0. The highest BCUT2D eigenvalue weighted by atomic mass is 19.1. The molecule has 1 heterocycles. The number of benzene rings is 2. The van der Waals surface area contributed by atoms with Gasteiger partial charge in [-0.3, -0.25) is 0 Å². The Morgan fingerprint density at radius 3 is 2.31 bits per heavy atom. The van der Waals surface area contributed by atoms with Crippen LogP contribution in [0.5, 0.6) is 0 Å². The van der Waals surface area contributed by atoms with Crippen LogP contribution in [-0.4, -0.2) is 24.1 Å². The van der Waals surface area contributed by atoms with Crippen molar-refractivity contribution in [2.75, 3.05) is 13.1 Å². The van der Waals surface area contributed by atoms with Crippen molar-refractivity contribution in [1.82, 2.24) is 4.90 Å². The van der Waals surface area contributed by atoms with Gasteiger partial charge in [-0.25, -0.2) is 13.6 Å². The molecule has 0 spiro atoms. The molecule has 2 aromatic carbocycles. The van der Waals surface area contributed by atoms with Crippen molar-refractivity contribution in [3.05, 3.63) is 71.3 Å². The highest BCUT2D eigenvalue weighted by Crippen LogP contribution is 2.36. The van der Waals surface area contributed by atoms with Crippen molar-refractivity contribution in [1.29, 1.82) is 5.26 Å². The van der Waals surface area contributed by atoms with E-state index in [-0.39, 0.29) is 6.61 Å². The fourth-order valence-electron chi connectivity index (χ4n) is 3.18. The van der Waals surface area contributed by atoms with Gasteiger partial charge in [0.25, 0.3) is 0 Å². The van der Waals surface area contributed by atoms with E-state index in [0.29, 0.717) is 31.5 Å². The number of nitrogens with zero attached hydrogens (tertiary/aromatic N) is 2. The third-order valence-corrected chi connectivity index (χ3v) is 4.71. The highest BCUT2D eigenvalue weighted by Gasteiger charge is 2.38. The van der Waals surface area contributed by atoms with Gasteiger partial charge in [0.2, 0.25) is 0 Å². The molecule has 1 aliphatic rings. The van der Waals surface area contributed by atoms with E-state index in [4.69, 9.17) is 4.74 Å². The van der Waals surface area contributed by atoms with Gasteiger partial charge in [0.1, 0.15) is 18.2 Å². The van der Waals surface area contributed by atoms with Crippen LogP contribution >= 0.6 is 0 Å². The van der Waals surface area contributed by atoms with E-state index in [1.54, 1.807) is 0 Å². The second-order valence-electron chi connectivity index (χ2n) is 6.38. The maximum atomic E-state index is 13.5. The van der Waals surface area contributed by atoms with Crippen molar-refractivity contribution in [2.24, 2.45) is 0 Å². The predicted octanol–water partition coefficient (Wildman–Crippen LogP) is 4.16. The van der Waals surface area contributed by atoms with Crippen LogP contribution in [0, 0.1) is 23.0 Å². The molecule has 4 nitrogen and oxygen atoms in total. The average Bonchev–Trinajstić information content (AvgIpc) is 2.66. The van der Waals surface area contributed by atoms with Gasteiger partial charge in [-0.2, -0.15) is 5.26 Å². The van der Waals surface area contributed by atoms with Crippen LogP contribution < -0.4 is 0 Å². The van der Waals surface area contributed by atoms with Crippen molar-refractivity contribution in [3.8, 4) is 6.07 Å². The van der Waals surface area contributed by atoms with E-state index in [9.17, 15) is 18.8 Å². The van der Waals surface area contributed by atoms with Crippen molar-refractivity contribution < 1.29 is 18.3 Å². The van der Waals surface area contributed by atoms with Gasteiger partial charge in [0.05, 0.1) is 11.5 Å². The number of piperidine rings is 1. The quantitative estimate of drug-likeness (QED) is 0.830. The van der Waals surface area contributed by atoms with Crippen LogP contribution in [0.4, 0.5) is 13.6 Å². The zero-order valence-electron chi connectivity index (χ0n) is 14.1. The molecule has 26 heavy (non-hydrogen) atoms. The van der Waals surface area contributed by atoms with Gasteiger partial charge in [-0.1, -0.05) is 30.3 Å². The molecule has 1 fully saturated rings. The van der Waals surface area contributed by atoms with E-state index in [1.807, 2.05) is 30.3 Å². The summed E-state index contributed by atoms with van der Waals surface area (Å²) in [6, 6.07) is 14.7. The van der Waals surface area contributed by atoms with Gasteiger partial charge < -0.3 is 9.64 Å². The molecule has 0 radical (unpaired) electrons. The number of hydrogen-bond donors (Lipinski definition) is 0. The maximum Gasteiger partial charge on any atom is 0.410 e. The van der Waals surface area contributed by atoms with Crippen LogP contribution in [-0.2, 0) is 16.8 Å². The number of rotatable bonds is 3. The summed E-state index contributed by atoms with van der Waals surface area (Å²) in [6.45, 7) is 0.757. The number of carbonyl (C=O) groups is 1. The van der Waals surface area contributed by atoms with Crippen LogP contribution in [0.3, 0.4) is 0 Å². The third kappa shape index (κ3) is 3.83. The first-order valence-electron chi connectivity index (χ1n) is 8.36. The molecule has 0 saturated carbocycles. The van der Waals surface area contributed by atoms with Crippen LogP contribution in [0.2, 0.25) is 0 Å². The maximum absolute atomic E-state index is 13.5. The number of carbonyl (C=O) groups excluding carboxylic acids is 1. The van der Waals surface area contributed by atoms with E-state index >= 15 is 0 Å². The van der Waals surface area contributed by atoms with Crippen LogP contribution in [0.1, 0.15) is 24.0 Å². The summed E-state index contributed by atoms with van der Waals surface area (Å²) < 4.78 is 32.3. The second-order valence-corrected chi connectivity index (χ2v) is 6.38. The van der Waals surface area contributed by atoms with Gasteiger partial charge in [0, 0.05) is 19.2 Å². The molecule has 0 N–H and O–H groups in total. The standard InChI is InChI=1S/C20H18F2N2O2/c21-17-10-16(11-18(22)12-17)20(14-23)6-8-24(9-7-20)19(25)26-13-15-4-2-1-3-5-15/h1-5,10-12H,6-9,13H2. The number of halogens is 2. The molecule has 0 aromatic heterocycles. The molecule has 0 atom stereocenters. The smallest absolute Gasteiger partial charge is 0.410 e. The van der Waals surface area contributed by atoms with E-state index in [2.05, 4.69) is 6.07 Å². The summed E-state index contributed by atoms with van der Waals surface area (Å²) in [7, 11) is 0. The Hall–Kier alpha value is -2.94. The zero-order chi connectivity index (χ0) is 18.6. The number of ether oxygens (including phenoxy) is 1. The number of likely N-dealkylation sites (tertiary alicyclic amines) is 1. The Bertz CT molecular complexity index is 805. The number of hydrogen-bond acceptors (Lipinski definition) is 3. The lowest BCUT2D eigenvalue weighted by Gasteiger charge is -2.37. The summed E-state index contributed by atoms with van der Waals surface area (Å²) in [5, 5.41) is 9.62.